The second-order valence-electron chi connectivity index (χ2n) is 4.80. The van der Waals surface area contributed by atoms with Crippen molar-refractivity contribution in [3.8, 4) is 5.82 Å². The molecule has 1 aliphatic heterocycles. The van der Waals surface area contributed by atoms with E-state index in [0.29, 0.717) is 18.1 Å². The largest absolute Gasteiger partial charge is 0.376 e. The van der Waals surface area contributed by atoms with Gasteiger partial charge in [-0.05, 0) is 31.0 Å². The Kier molecular flexibility index (Phi) is 4.11. The van der Waals surface area contributed by atoms with Crippen LogP contribution in [-0.2, 0) is 4.74 Å². The first-order chi connectivity index (χ1) is 10.3. The topological polar surface area (TPSA) is 81.1 Å². The van der Waals surface area contributed by atoms with Gasteiger partial charge in [-0.2, -0.15) is 5.10 Å². The summed E-state index contributed by atoms with van der Waals surface area (Å²) < 4.78 is 7.07. The first kappa shape index (κ1) is 13.6. The monoisotopic (exact) mass is 287 g/mol. The Morgan fingerprint density at radius 2 is 2.38 bits per heavy atom. The van der Waals surface area contributed by atoms with Crippen LogP contribution in [0.5, 0.6) is 0 Å². The molecule has 2 amide bonds. The number of nitrogens with zero attached hydrogens (tertiary/aromatic N) is 3. The number of anilines is 1. The minimum Gasteiger partial charge on any atom is -0.376 e. The molecule has 2 N–H and O–H groups in total. The third-order valence-corrected chi connectivity index (χ3v) is 3.27. The number of pyridine rings is 1. The summed E-state index contributed by atoms with van der Waals surface area (Å²) in [6, 6.07) is 5.08. The molecule has 3 heterocycles. The molecule has 110 valence electrons. The predicted molar refractivity (Wildman–Crippen MR) is 77.4 cm³/mol. The van der Waals surface area contributed by atoms with Crippen LogP contribution >= 0.6 is 0 Å². The van der Waals surface area contributed by atoms with Crippen LogP contribution in [0.25, 0.3) is 5.82 Å². The van der Waals surface area contributed by atoms with Crippen molar-refractivity contribution in [1.82, 2.24) is 20.1 Å². The molecule has 3 rings (SSSR count). The van der Waals surface area contributed by atoms with Gasteiger partial charge in [-0.15, -0.1) is 0 Å². The molecule has 7 nitrogen and oxygen atoms in total. The van der Waals surface area contributed by atoms with Gasteiger partial charge in [0.1, 0.15) is 0 Å². The van der Waals surface area contributed by atoms with Crippen LogP contribution < -0.4 is 10.6 Å². The van der Waals surface area contributed by atoms with E-state index in [2.05, 4.69) is 20.7 Å². The Balaban J connectivity index is 1.63. The molecular weight excluding hydrogens is 270 g/mol. The van der Waals surface area contributed by atoms with E-state index >= 15 is 0 Å². The Morgan fingerprint density at radius 3 is 3.14 bits per heavy atom. The maximum Gasteiger partial charge on any atom is 0.319 e. The molecule has 0 saturated carbocycles. The van der Waals surface area contributed by atoms with E-state index in [1.807, 2.05) is 0 Å². The lowest BCUT2D eigenvalue weighted by molar-refractivity contribution is 0.112. The Labute approximate surface area is 122 Å². The van der Waals surface area contributed by atoms with Crippen molar-refractivity contribution >= 4 is 11.7 Å². The highest BCUT2D eigenvalue weighted by Crippen LogP contribution is 2.16. The summed E-state index contributed by atoms with van der Waals surface area (Å²) in [6.07, 6.45) is 7.27. The maximum atomic E-state index is 12.0. The molecule has 0 aromatic carbocycles. The fourth-order valence-electron chi connectivity index (χ4n) is 2.25. The van der Waals surface area contributed by atoms with Gasteiger partial charge in [0, 0.05) is 31.7 Å². The van der Waals surface area contributed by atoms with Crippen LogP contribution in [-0.4, -0.2) is 40.1 Å². The second kappa shape index (κ2) is 6.36. The molecule has 0 radical (unpaired) electrons. The number of rotatable bonds is 4. The van der Waals surface area contributed by atoms with Crippen LogP contribution in [0.4, 0.5) is 10.5 Å². The van der Waals surface area contributed by atoms with E-state index in [1.54, 1.807) is 41.5 Å². The average molecular weight is 287 g/mol. The summed E-state index contributed by atoms with van der Waals surface area (Å²) in [6.45, 7) is 1.29. The van der Waals surface area contributed by atoms with Gasteiger partial charge in [0.15, 0.2) is 5.82 Å². The van der Waals surface area contributed by atoms with E-state index in [9.17, 15) is 4.79 Å². The van der Waals surface area contributed by atoms with Gasteiger partial charge in [0.25, 0.3) is 0 Å². The standard InChI is InChI=1S/C14H17N5O2/c20-14(16-10-11-4-2-9-21-11)18-12-5-1-6-15-13(12)19-8-3-7-17-19/h1,3,5-8,11H,2,4,9-10H2,(H2,16,18,20)/t11-/m1/s1. The molecule has 21 heavy (non-hydrogen) atoms. The van der Waals surface area contributed by atoms with Gasteiger partial charge < -0.3 is 15.4 Å². The normalized spacial score (nSPS) is 17.6. The Morgan fingerprint density at radius 1 is 1.43 bits per heavy atom. The molecule has 0 spiro atoms. The Hall–Kier alpha value is -2.41. The molecule has 1 atom stereocenters. The lowest BCUT2D eigenvalue weighted by Gasteiger charge is -2.13. The Bertz CT molecular complexity index is 593. The number of nitrogens with one attached hydrogen (secondary N) is 2. The number of hydrogen-bond donors (Lipinski definition) is 2. The highest BCUT2D eigenvalue weighted by molar-refractivity contribution is 5.90. The van der Waals surface area contributed by atoms with Crippen LogP contribution in [0, 0.1) is 0 Å². The van der Waals surface area contributed by atoms with Gasteiger partial charge in [0.2, 0.25) is 0 Å². The van der Waals surface area contributed by atoms with Gasteiger partial charge >= 0.3 is 6.03 Å². The summed E-state index contributed by atoms with van der Waals surface area (Å²) in [4.78, 5) is 16.2. The van der Waals surface area contributed by atoms with Crippen LogP contribution in [0.1, 0.15) is 12.8 Å². The number of amides is 2. The van der Waals surface area contributed by atoms with E-state index in [0.717, 1.165) is 19.4 Å². The minimum absolute atomic E-state index is 0.121. The molecule has 1 aliphatic rings. The number of ether oxygens (including phenoxy) is 1. The van der Waals surface area contributed by atoms with Crippen molar-refractivity contribution in [1.29, 1.82) is 0 Å². The molecule has 0 unspecified atom stereocenters. The molecular formula is C14H17N5O2. The summed E-state index contributed by atoms with van der Waals surface area (Å²) in [7, 11) is 0. The van der Waals surface area contributed by atoms with Crippen molar-refractivity contribution < 1.29 is 9.53 Å². The van der Waals surface area contributed by atoms with Gasteiger partial charge in [-0.25, -0.2) is 14.5 Å². The van der Waals surface area contributed by atoms with Gasteiger partial charge in [-0.3, -0.25) is 0 Å². The fourth-order valence-corrected chi connectivity index (χ4v) is 2.25. The van der Waals surface area contributed by atoms with Crippen LogP contribution in [0.3, 0.4) is 0 Å². The molecule has 0 aliphatic carbocycles. The third kappa shape index (κ3) is 3.38. The first-order valence-corrected chi connectivity index (χ1v) is 6.94. The van der Waals surface area contributed by atoms with Crippen molar-refractivity contribution in [2.24, 2.45) is 0 Å². The fraction of sp³-hybridized carbons (Fsp3) is 0.357. The maximum absolute atomic E-state index is 12.0. The molecule has 0 bridgehead atoms. The quantitative estimate of drug-likeness (QED) is 0.894. The first-order valence-electron chi connectivity index (χ1n) is 6.94. The number of hydrogen-bond acceptors (Lipinski definition) is 4. The van der Waals surface area contributed by atoms with Gasteiger partial charge in [-0.1, -0.05) is 0 Å². The van der Waals surface area contributed by atoms with Crippen LogP contribution in [0.2, 0.25) is 0 Å². The van der Waals surface area contributed by atoms with E-state index < -0.39 is 0 Å². The third-order valence-electron chi connectivity index (χ3n) is 3.27. The van der Waals surface area contributed by atoms with Crippen molar-refractivity contribution in [2.75, 3.05) is 18.5 Å². The summed E-state index contributed by atoms with van der Waals surface area (Å²) in [5, 5.41) is 9.73. The minimum atomic E-state index is -0.271. The number of carbonyl (C=O) groups excluding carboxylic acids is 1. The molecule has 7 heteroatoms. The lowest BCUT2D eigenvalue weighted by Crippen LogP contribution is -2.35. The number of aromatic nitrogens is 3. The van der Waals surface area contributed by atoms with E-state index in [-0.39, 0.29) is 12.1 Å². The zero-order valence-corrected chi connectivity index (χ0v) is 11.5. The zero-order valence-electron chi connectivity index (χ0n) is 11.5. The molecule has 2 aromatic heterocycles. The van der Waals surface area contributed by atoms with Crippen molar-refractivity contribution in [3.05, 3.63) is 36.8 Å². The van der Waals surface area contributed by atoms with Crippen molar-refractivity contribution in [2.45, 2.75) is 18.9 Å². The summed E-state index contributed by atoms with van der Waals surface area (Å²) >= 11 is 0. The number of carbonyl (C=O) groups is 1. The summed E-state index contributed by atoms with van der Waals surface area (Å²) in [5.74, 6) is 0.578. The second-order valence-corrected chi connectivity index (χ2v) is 4.80. The lowest BCUT2D eigenvalue weighted by atomic mass is 10.2. The van der Waals surface area contributed by atoms with Crippen molar-refractivity contribution in [3.63, 3.8) is 0 Å². The number of urea groups is 1. The smallest absolute Gasteiger partial charge is 0.319 e. The molecule has 1 fully saturated rings. The van der Waals surface area contributed by atoms with Gasteiger partial charge in [0.05, 0.1) is 11.8 Å². The zero-order chi connectivity index (χ0) is 14.5. The van der Waals surface area contributed by atoms with E-state index in [1.165, 1.54) is 0 Å². The average Bonchev–Trinajstić information content (AvgIpc) is 3.19. The molecule has 1 saturated heterocycles. The highest BCUT2D eigenvalue weighted by atomic mass is 16.5. The van der Waals surface area contributed by atoms with Crippen LogP contribution in [0.15, 0.2) is 36.8 Å². The molecule has 2 aromatic rings. The summed E-state index contributed by atoms with van der Waals surface area (Å²) in [5.41, 5.74) is 0.603. The highest BCUT2D eigenvalue weighted by Gasteiger charge is 2.16. The van der Waals surface area contributed by atoms with E-state index in [4.69, 9.17) is 4.74 Å². The SMILES string of the molecule is O=C(NC[C@H]1CCCO1)Nc1cccnc1-n1cccn1. The predicted octanol–water partition coefficient (Wildman–Crippen LogP) is 1.57.